The van der Waals surface area contributed by atoms with Crippen LogP contribution in [0, 0.1) is 13.8 Å². The molecule has 0 amide bonds. The van der Waals surface area contributed by atoms with Gasteiger partial charge in [-0.15, -0.1) is 11.3 Å². The smallest absolute Gasteiger partial charge is 0.0462 e. The number of hydrogen-bond acceptors (Lipinski definition) is 2. The Bertz CT molecular complexity index is 3780. The van der Waals surface area contributed by atoms with Crippen molar-refractivity contribution in [2.45, 2.75) is 123 Å². The average Bonchev–Trinajstić information content (AvgIpc) is 3.98. The molecule has 0 radical (unpaired) electrons. The zero-order chi connectivity index (χ0) is 52.3. The lowest BCUT2D eigenvalue weighted by molar-refractivity contribution is 0.398. The van der Waals surface area contributed by atoms with Crippen LogP contribution in [-0.4, -0.2) is 0 Å². The predicted molar refractivity (Wildman–Crippen MR) is 337 cm³/mol. The average molecular weight is 1020 g/mol. The van der Waals surface area contributed by atoms with E-state index in [0.29, 0.717) is 0 Å². The van der Waals surface area contributed by atoms with E-state index in [-0.39, 0.29) is 5.41 Å². The Kier molecular flexibility index (Phi) is 14.7. The SMILES string of the molecule is CCCCCCCCC1(CCCCCCCC)c2cc(C)ccc2-c2ccc(-c3ccc(N(c4ccc(C)cc4)c4ccc(-c5c6ccccc6c(-c6ccc7sc8ccccc8c7c6)c6ccccc56)cc4)cc3)cc21. The van der Waals surface area contributed by atoms with E-state index in [2.05, 4.69) is 233 Å². The van der Waals surface area contributed by atoms with Gasteiger partial charge in [-0.3, -0.25) is 0 Å². The second-order valence-corrected chi connectivity index (χ2v) is 23.4. The van der Waals surface area contributed by atoms with Crippen LogP contribution < -0.4 is 4.90 Å². The van der Waals surface area contributed by atoms with Crippen molar-refractivity contribution in [2.75, 3.05) is 4.90 Å². The van der Waals surface area contributed by atoms with Gasteiger partial charge < -0.3 is 4.90 Å². The summed E-state index contributed by atoms with van der Waals surface area (Å²) in [5, 5.41) is 7.73. The third-order valence-corrected chi connectivity index (χ3v) is 18.3. The van der Waals surface area contributed by atoms with Crippen LogP contribution in [0.1, 0.15) is 126 Å². The van der Waals surface area contributed by atoms with Gasteiger partial charge in [0, 0.05) is 42.6 Å². The molecule has 384 valence electrons. The zero-order valence-electron chi connectivity index (χ0n) is 45.8. The topological polar surface area (TPSA) is 3.24 Å². The summed E-state index contributed by atoms with van der Waals surface area (Å²) >= 11 is 1.88. The standard InChI is InChI=1S/C75H73NS/c1-5-7-9-11-13-21-47-75(48-22-14-12-10-8-6-2)69-49-53(4)31-44-61(69)62-45-36-56(51-70(62)75)54-32-40-59(41-33-54)76(58-38-29-52(3)30-39-58)60-42-34-55(35-43-60)73-64-24-15-17-26-66(64)74(67-27-18-16-25-65(67)73)57-37-46-72-68(50-57)63-23-19-20-28-71(63)77-72/h15-20,23-46,49-51H,5-14,21-22,47-48H2,1-4H3. The van der Waals surface area contributed by atoms with Crippen LogP contribution in [0.15, 0.2) is 200 Å². The van der Waals surface area contributed by atoms with Crippen LogP contribution in [-0.2, 0) is 5.41 Å². The molecule has 1 aliphatic rings. The highest BCUT2D eigenvalue weighted by molar-refractivity contribution is 7.25. The van der Waals surface area contributed by atoms with Crippen LogP contribution in [0.25, 0.3) is 86.2 Å². The van der Waals surface area contributed by atoms with Crippen molar-refractivity contribution in [3.05, 3.63) is 222 Å². The summed E-state index contributed by atoms with van der Waals surface area (Å²) in [7, 11) is 0. The highest BCUT2D eigenvalue weighted by Crippen LogP contribution is 2.56. The quantitative estimate of drug-likeness (QED) is 0.0543. The number of aryl methyl sites for hydroxylation is 2. The number of nitrogens with zero attached hydrogens (tertiary/aromatic N) is 1. The van der Waals surface area contributed by atoms with Crippen LogP contribution >= 0.6 is 11.3 Å². The molecule has 1 heterocycles. The molecule has 2 heteroatoms. The van der Waals surface area contributed by atoms with Gasteiger partial charge >= 0.3 is 0 Å². The molecule has 0 bridgehead atoms. The van der Waals surface area contributed by atoms with Gasteiger partial charge in [0.25, 0.3) is 0 Å². The normalized spacial score (nSPS) is 12.7. The zero-order valence-corrected chi connectivity index (χ0v) is 46.6. The van der Waals surface area contributed by atoms with Crippen LogP contribution in [0.3, 0.4) is 0 Å². The van der Waals surface area contributed by atoms with Crippen molar-refractivity contribution >= 4 is 70.1 Å². The summed E-state index contributed by atoms with van der Waals surface area (Å²) in [4.78, 5) is 2.42. The van der Waals surface area contributed by atoms with Gasteiger partial charge in [-0.1, -0.05) is 242 Å². The highest BCUT2D eigenvalue weighted by Gasteiger charge is 2.42. The fraction of sp³-hybridized carbons (Fsp3) is 0.253. The fourth-order valence-corrected chi connectivity index (χ4v) is 14.3. The molecule has 12 rings (SSSR count). The molecule has 1 aliphatic carbocycles. The molecule has 0 saturated carbocycles. The van der Waals surface area contributed by atoms with E-state index >= 15 is 0 Å². The van der Waals surface area contributed by atoms with E-state index in [0.717, 1.165) is 17.1 Å². The van der Waals surface area contributed by atoms with E-state index in [9.17, 15) is 0 Å². The Morgan fingerprint density at radius 2 is 0.766 bits per heavy atom. The van der Waals surface area contributed by atoms with E-state index in [1.165, 1.54) is 187 Å². The van der Waals surface area contributed by atoms with Crippen molar-refractivity contribution in [1.82, 2.24) is 0 Å². The summed E-state index contributed by atoms with van der Waals surface area (Å²) < 4.78 is 2.66. The summed E-state index contributed by atoms with van der Waals surface area (Å²) in [5.41, 5.74) is 19.8. The summed E-state index contributed by atoms with van der Waals surface area (Å²) in [6.45, 7) is 9.12. The molecular formula is C75H73NS. The van der Waals surface area contributed by atoms with Crippen molar-refractivity contribution in [3.8, 4) is 44.5 Å². The largest absolute Gasteiger partial charge is 0.311 e. The van der Waals surface area contributed by atoms with Gasteiger partial charge in [-0.2, -0.15) is 0 Å². The van der Waals surface area contributed by atoms with Crippen LogP contribution in [0.4, 0.5) is 17.1 Å². The van der Waals surface area contributed by atoms with Gasteiger partial charge in [0.1, 0.15) is 0 Å². The van der Waals surface area contributed by atoms with Gasteiger partial charge in [0.2, 0.25) is 0 Å². The molecule has 1 nitrogen and oxygen atoms in total. The van der Waals surface area contributed by atoms with E-state index < -0.39 is 0 Å². The Morgan fingerprint density at radius 1 is 0.338 bits per heavy atom. The molecule has 1 aromatic heterocycles. The van der Waals surface area contributed by atoms with Crippen molar-refractivity contribution < 1.29 is 0 Å². The maximum atomic E-state index is 2.61. The van der Waals surface area contributed by atoms with Gasteiger partial charge in [-0.05, 0) is 165 Å². The number of thiophene rings is 1. The maximum absolute atomic E-state index is 2.61. The molecule has 0 unspecified atom stereocenters. The van der Waals surface area contributed by atoms with Gasteiger partial charge in [0.15, 0.2) is 0 Å². The third kappa shape index (κ3) is 9.80. The number of unbranched alkanes of at least 4 members (excludes halogenated alkanes) is 10. The van der Waals surface area contributed by atoms with Crippen molar-refractivity contribution in [3.63, 3.8) is 0 Å². The Morgan fingerprint density at radius 3 is 1.35 bits per heavy atom. The molecule has 10 aromatic carbocycles. The van der Waals surface area contributed by atoms with Crippen LogP contribution in [0.2, 0.25) is 0 Å². The number of benzene rings is 10. The predicted octanol–water partition coefficient (Wildman–Crippen LogP) is 23.2. The fourth-order valence-electron chi connectivity index (χ4n) is 13.2. The maximum Gasteiger partial charge on any atom is 0.0462 e. The first-order valence-corrected chi connectivity index (χ1v) is 29.9. The van der Waals surface area contributed by atoms with E-state index in [1.807, 2.05) is 11.3 Å². The van der Waals surface area contributed by atoms with E-state index in [4.69, 9.17) is 0 Å². The van der Waals surface area contributed by atoms with Crippen molar-refractivity contribution in [2.24, 2.45) is 0 Å². The molecule has 0 aliphatic heterocycles. The first-order valence-electron chi connectivity index (χ1n) is 29.1. The first-order chi connectivity index (χ1) is 37.9. The first kappa shape index (κ1) is 50.6. The molecular weight excluding hydrogens is 947 g/mol. The Hall–Kier alpha value is -7.26. The molecule has 0 fully saturated rings. The number of fused-ring (bicyclic) bond motifs is 8. The van der Waals surface area contributed by atoms with E-state index in [1.54, 1.807) is 11.1 Å². The minimum atomic E-state index is 0.0475. The Labute approximate surface area is 462 Å². The van der Waals surface area contributed by atoms with Gasteiger partial charge in [-0.25, -0.2) is 0 Å². The lowest BCUT2D eigenvalue weighted by Crippen LogP contribution is -2.25. The highest BCUT2D eigenvalue weighted by atomic mass is 32.1. The lowest BCUT2D eigenvalue weighted by Gasteiger charge is -2.33. The summed E-state index contributed by atoms with van der Waals surface area (Å²) in [5.74, 6) is 0. The molecule has 0 atom stereocenters. The third-order valence-electron chi connectivity index (χ3n) is 17.2. The second kappa shape index (κ2) is 22.4. The summed E-state index contributed by atoms with van der Waals surface area (Å²) in [6, 6.07) is 76.5. The molecule has 0 spiro atoms. The van der Waals surface area contributed by atoms with Gasteiger partial charge in [0.05, 0.1) is 0 Å². The summed E-state index contributed by atoms with van der Waals surface area (Å²) in [6.07, 6.45) is 18.4. The minimum Gasteiger partial charge on any atom is -0.311 e. The minimum absolute atomic E-state index is 0.0475. The number of hydrogen-bond donors (Lipinski definition) is 0. The molecule has 77 heavy (non-hydrogen) atoms. The molecule has 0 N–H and O–H groups in total. The van der Waals surface area contributed by atoms with Crippen molar-refractivity contribution in [1.29, 1.82) is 0 Å². The molecule has 0 saturated heterocycles. The Balaban J connectivity index is 0.894. The van der Waals surface area contributed by atoms with Crippen LogP contribution in [0.5, 0.6) is 0 Å². The number of anilines is 3. The number of rotatable bonds is 20. The lowest BCUT2D eigenvalue weighted by atomic mass is 9.70. The molecule has 11 aromatic rings. The second-order valence-electron chi connectivity index (χ2n) is 22.3. The monoisotopic (exact) mass is 1020 g/mol.